The number of hydrogen-bond acceptors (Lipinski definition) is 1. The Balaban J connectivity index is 2.11. The van der Waals surface area contributed by atoms with Crippen LogP contribution in [0.4, 0.5) is 0 Å². The van der Waals surface area contributed by atoms with Crippen molar-refractivity contribution in [3.63, 3.8) is 0 Å². The van der Waals surface area contributed by atoms with Gasteiger partial charge in [0, 0.05) is 12.8 Å². The van der Waals surface area contributed by atoms with E-state index in [1.807, 2.05) is 0 Å². The Labute approximate surface area is 130 Å². The van der Waals surface area contributed by atoms with Crippen molar-refractivity contribution >= 4 is 5.78 Å². The van der Waals surface area contributed by atoms with Crippen molar-refractivity contribution in [2.75, 3.05) is 0 Å². The SMILES string of the molecule is Cc1cc(C(C)(C)C)cc(C)c1CC(=O)CC1CCCC1. The van der Waals surface area contributed by atoms with E-state index in [1.165, 1.54) is 47.9 Å². The predicted molar refractivity (Wildman–Crippen MR) is 89.9 cm³/mol. The number of carbonyl (C=O) groups is 1. The van der Waals surface area contributed by atoms with E-state index in [2.05, 4.69) is 46.8 Å². The Morgan fingerprint density at radius 1 is 1.10 bits per heavy atom. The van der Waals surface area contributed by atoms with E-state index in [1.54, 1.807) is 0 Å². The molecule has 0 saturated heterocycles. The molecule has 0 radical (unpaired) electrons. The average molecular weight is 286 g/mol. The molecule has 1 aromatic carbocycles. The first kappa shape index (κ1) is 16.3. The van der Waals surface area contributed by atoms with Crippen molar-refractivity contribution in [2.24, 2.45) is 5.92 Å². The van der Waals surface area contributed by atoms with E-state index in [0.717, 1.165) is 6.42 Å². The summed E-state index contributed by atoms with van der Waals surface area (Å²) < 4.78 is 0. The topological polar surface area (TPSA) is 17.1 Å². The number of rotatable bonds is 4. The molecule has 116 valence electrons. The van der Waals surface area contributed by atoms with Crippen LogP contribution in [0.3, 0.4) is 0 Å². The van der Waals surface area contributed by atoms with Gasteiger partial charge in [0.2, 0.25) is 0 Å². The lowest BCUT2D eigenvalue weighted by Gasteiger charge is -2.22. The van der Waals surface area contributed by atoms with Crippen LogP contribution in [0.2, 0.25) is 0 Å². The first-order valence-electron chi connectivity index (χ1n) is 8.39. The third kappa shape index (κ3) is 4.18. The zero-order valence-corrected chi connectivity index (χ0v) is 14.4. The maximum Gasteiger partial charge on any atom is 0.137 e. The molecule has 1 fully saturated rings. The Kier molecular flexibility index (Phi) is 4.91. The van der Waals surface area contributed by atoms with Gasteiger partial charge in [-0.1, -0.05) is 58.6 Å². The highest BCUT2D eigenvalue weighted by atomic mass is 16.1. The minimum atomic E-state index is 0.169. The van der Waals surface area contributed by atoms with Gasteiger partial charge in [-0.3, -0.25) is 4.79 Å². The number of hydrogen-bond donors (Lipinski definition) is 0. The second-order valence-electron chi connectivity index (χ2n) is 7.91. The van der Waals surface area contributed by atoms with Crippen LogP contribution in [-0.4, -0.2) is 5.78 Å². The molecule has 0 atom stereocenters. The summed E-state index contributed by atoms with van der Waals surface area (Å²) in [6, 6.07) is 4.54. The Morgan fingerprint density at radius 3 is 2.10 bits per heavy atom. The molecule has 21 heavy (non-hydrogen) atoms. The Hall–Kier alpha value is -1.11. The van der Waals surface area contributed by atoms with Crippen LogP contribution in [0.25, 0.3) is 0 Å². The summed E-state index contributed by atoms with van der Waals surface area (Å²) in [5.41, 5.74) is 5.34. The van der Waals surface area contributed by atoms with Gasteiger partial charge in [-0.2, -0.15) is 0 Å². The maximum atomic E-state index is 12.4. The van der Waals surface area contributed by atoms with Crippen molar-refractivity contribution in [1.82, 2.24) is 0 Å². The van der Waals surface area contributed by atoms with Crippen LogP contribution >= 0.6 is 0 Å². The summed E-state index contributed by atoms with van der Waals surface area (Å²) in [5, 5.41) is 0. The summed E-state index contributed by atoms with van der Waals surface area (Å²) in [6.07, 6.45) is 6.56. The summed E-state index contributed by atoms with van der Waals surface area (Å²) in [7, 11) is 0. The molecule has 1 nitrogen and oxygen atoms in total. The van der Waals surface area contributed by atoms with E-state index in [-0.39, 0.29) is 5.41 Å². The molecule has 1 saturated carbocycles. The standard InChI is InChI=1S/C20H30O/c1-14-10-17(20(3,4)5)11-15(2)19(14)13-18(21)12-16-8-6-7-9-16/h10-11,16H,6-9,12-13H2,1-5H3. The van der Waals surface area contributed by atoms with Crippen LogP contribution < -0.4 is 0 Å². The minimum Gasteiger partial charge on any atom is -0.299 e. The predicted octanol–water partition coefficient (Wildman–Crippen LogP) is 5.29. The van der Waals surface area contributed by atoms with Crippen molar-refractivity contribution in [1.29, 1.82) is 0 Å². The monoisotopic (exact) mass is 286 g/mol. The molecule has 1 aliphatic rings. The van der Waals surface area contributed by atoms with Crippen molar-refractivity contribution < 1.29 is 4.79 Å². The molecule has 0 unspecified atom stereocenters. The van der Waals surface area contributed by atoms with Crippen molar-refractivity contribution in [3.05, 3.63) is 34.4 Å². The summed E-state index contributed by atoms with van der Waals surface area (Å²) >= 11 is 0. The third-order valence-corrected chi connectivity index (χ3v) is 4.93. The molecular formula is C20H30O. The molecule has 0 heterocycles. The van der Waals surface area contributed by atoms with Gasteiger partial charge in [0.15, 0.2) is 0 Å². The zero-order valence-electron chi connectivity index (χ0n) is 14.4. The van der Waals surface area contributed by atoms with Gasteiger partial charge in [-0.25, -0.2) is 0 Å². The third-order valence-electron chi connectivity index (χ3n) is 4.93. The lowest BCUT2D eigenvalue weighted by atomic mass is 9.83. The van der Waals surface area contributed by atoms with Gasteiger partial charge >= 0.3 is 0 Å². The van der Waals surface area contributed by atoms with Crippen LogP contribution in [0.15, 0.2) is 12.1 Å². The molecule has 1 aromatic rings. The fraction of sp³-hybridized carbons (Fsp3) is 0.650. The second kappa shape index (κ2) is 6.34. The number of benzene rings is 1. The fourth-order valence-corrected chi connectivity index (χ4v) is 3.51. The van der Waals surface area contributed by atoms with E-state index in [0.29, 0.717) is 18.1 Å². The lowest BCUT2D eigenvalue weighted by molar-refractivity contribution is -0.119. The molecule has 0 amide bonds. The number of ketones is 1. The summed E-state index contributed by atoms with van der Waals surface area (Å²) in [6.45, 7) is 11.0. The Bertz CT molecular complexity index is 490. The highest BCUT2D eigenvalue weighted by Gasteiger charge is 2.21. The van der Waals surface area contributed by atoms with Gasteiger partial charge in [0.25, 0.3) is 0 Å². The van der Waals surface area contributed by atoms with E-state index in [4.69, 9.17) is 0 Å². The molecule has 0 bridgehead atoms. The Morgan fingerprint density at radius 2 is 1.62 bits per heavy atom. The average Bonchev–Trinajstić information content (AvgIpc) is 2.85. The smallest absolute Gasteiger partial charge is 0.137 e. The molecule has 0 aromatic heterocycles. The van der Waals surface area contributed by atoms with E-state index >= 15 is 0 Å². The van der Waals surface area contributed by atoms with Crippen LogP contribution in [0.1, 0.15) is 75.1 Å². The zero-order chi connectivity index (χ0) is 15.6. The van der Waals surface area contributed by atoms with Gasteiger partial charge in [0.1, 0.15) is 5.78 Å². The molecule has 2 rings (SSSR count). The first-order chi connectivity index (χ1) is 9.77. The van der Waals surface area contributed by atoms with Gasteiger partial charge in [-0.15, -0.1) is 0 Å². The molecule has 1 heteroatoms. The highest BCUT2D eigenvalue weighted by Crippen LogP contribution is 2.30. The number of aryl methyl sites for hydroxylation is 2. The second-order valence-corrected chi connectivity index (χ2v) is 7.91. The number of Topliss-reactive ketones (excluding diaryl/α,β-unsaturated/α-hetero) is 1. The van der Waals surface area contributed by atoms with Gasteiger partial charge < -0.3 is 0 Å². The van der Waals surface area contributed by atoms with Crippen LogP contribution in [0.5, 0.6) is 0 Å². The molecule has 1 aliphatic carbocycles. The summed E-state index contributed by atoms with van der Waals surface area (Å²) in [5.74, 6) is 1.09. The largest absolute Gasteiger partial charge is 0.299 e. The molecule has 0 N–H and O–H groups in total. The van der Waals surface area contributed by atoms with E-state index < -0.39 is 0 Å². The van der Waals surface area contributed by atoms with E-state index in [9.17, 15) is 4.79 Å². The summed E-state index contributed by atoms with van der Waals surface area (Å²) in [4.78, 5) is 12.4. The molecule has 0 aliphatic heterocycles. The van der Waals surface area contributed by atoms with Gasteiger partial charge in [0.05, 0.1) is 0 Å². The normalized spacial score (nSPS) is 16.4. The van der Waals surface area contributed by atoms with Crippen LogP contribution in [-0.2, 0) is 16.6 Å². The van der Waals surface area contributed by atoms with Crippen LogP contribution in [0, 0.1) is 19.8 Å². The first-order valence-corrected chi connectivity index (χ1v) is 8.39. The maximum absolute atomic E-state index is 12.4. The van der Waals surface area contributed by atoms with Crippen molar-refractivity contribution in [2.45, 2.75) is 78.6 Å². The molecule has 0 spiro atoms. The highest BCUT2D eigenvalue weighted by molar-refractivity contribution is 5.81. The number of carbonyl (C=O) groups excluding carboxylic acids is 1. The fourth-order valence-electron chi connectivity index (χ4n) is 3.51. The lowest BCUT2D eigenvalue weighted by Crippen LogP contribution is -2.14. The molecular weight excluding hydrogens is 256 g/mol. The quantitative estimate of drug-likeness (QED) is 0.734. The minimum absolute atomic E-state index is 0.169. The van der Waals surface area contributed by atoms with Crippen molar-refractivity contribution in [3.8, 4) is 0 Å². The van der Waals surface area contributed by atoms with Gasteiger partial charge in [-0.05, 0) is 47.4 Å².